The Balaban J connectivity index is 1.56. The first-order valence-electron chi connectivity index (χ1n) is 8.76. The summed E-state index contributed by atoms with van der Waals surface area (Å²) in [6.45, 7) is 5.75. The Labute approximate surface area is 156 Å². The molecule has 0 aliphatic carbocycles. The van der Waals surface area contributed by atoms with Gasteiger partial charge in [-0.05, 0) is 32.8 Å². The molecule has 0 bridgehead atoms. The van der Waals surface area contributed by atoms with Crippen LogP contribution in [0.2, 0.25) is 0 Å². The Morgan fingerprint density at radius 2 is 2.31 bits per heavy atom. The number of likely N-dealkylation sites (N-methyl/N-ethyl adjacent to an activating group) is 1. The van der Waals surface area contributed by atoms with Crippen molar-refractivity contribution < 1.29 is 18.7 Å². The van der Waals surface area contributed by atoms with Crippen LogP contribution in [-0.2, 0) is 16.0 Å². The summed E-state index contributed by atoms with van der Waals surface area (Å²) < 4.78 is 10.8. The van der Waals surface area contributed by atoms with E-state index in [-0.39, 0.29) is 24.3 Å². The molecule has 7 nitrogen and oxygen atoms in total. The van der Waals surface area contributed by atoms with Gasteiger partial charge in [0.1, 0.15) is 5.76 Å². The van der Waals surface area contributed by atoms with Gasteiger partial charge in [0.25, 0.3) is 5.91 Å². The van der Waals surface area contributed by atoms with E-state index < -0.39 is 0 Å². The maximum absolute atomic E-state index is 12.5. The van der Waals surface area contributed by atoms with E-state index in [2.05, 4.69) is 10.3 Å². The van der Waals surface area contributed by atoms with Gasteiger partial charge in [0.15, 0.2) is 5.13 Å². The molecule has 3 rings (SSSR count). The Morgan fingerprint density at radius 3 is 2.96 bits per heavy atom. The van der Waals surface area contributed by atoms with Crippen molar-refractivity contribution >= 4 is 28.3 Å². The van der Waals surface area contributed by atoms with Crippen LogP contribution < -0.4 is 5.32 Å². The van der Waals surface area contributed by atoms with Crippen molar-refractivity contribution in [1.82, 2.24) is 9.88 Å². The molecule has 1 saturated heterocycles. The molecule has 1 fully saturated rings. The molecule has 0 saturated carbocycles. The second-order valence-electron chi connectivity index (χ2n) is 6.23. The summed E-state index contributed by atoms with van der Waals surface area (Å²) in [6.07, 6.45) is 3.90. The van der Waals surface area contributed by atoms with Crippen molar-refractivity contribution in [2.45, 2.75) is 39.2 Å². The second-order valence-corrected chi connectivity index (χ2v) is 7.09. The van der Waals surface area contributed by atoms with Gasteiger partial charge in [-0.15, -0.1) is 11.3 Å². The summed E-state index contributed by atoms with van der Waals surface area (Å²) in [5, 5.41) is 5.02. The van der Waals surface area contributed by atoms with E-state index in [0.717, 1.165) is 19.4 Å². The lowest BCUT2D eigenvalue weighted by Crippen LogP contribution is -2.38. The molecular formula is C18H23N3O4S. The van der Waals surface area contributed by atoms with E-state index in [4.69, 9.17) is 9.15 Å². The topological polar surface area (TPSA) is 84.7 Å². The van der Waals surface area contributed by atoms with Crippen LogP contribution in [0.5, 0.6) is 0 Å². The Kier molecular flexibility index (Phi) is 6.05. The Morgan fingerprint density at radius 1 is 1.46 bits per heavy atom. The largest absolute Gasteiger partial charge is 0.469 e. The summed E-state index contributed by atoms with van der Waals surface area (Å²) in [6, 6.07) is 1.62. The third kappa shape index (κ3) is 4.50. The first-order chi connectivity index (χ1) is 12.6. The summed E-state index contributed by atoms with van der Waals surface area (Å²) in [5.74, 6) is 0.316. The Hall–Kier alpha value is -2.19. The van der Waals surface area contributed by atoms with Crippen LogP contribution in [0.4, 0.5) is 5.13 Å². The van der Waals surface area contributed by atoms with Crippen LogP contribution in [0.1, 0.15) is 41.6 Å². The number of carbonyl (C=O) groups excluding carboxylic acids is 2. The number of hydrogen-bond acceptors (Lipinski definition) is 6. The number of furan rings is 1. The highest BCUT2D eigenvalue weighted by molar-refractivity contribution is 7.14. The predicted molar refractivity (Wildman–Crippen MR) is 98.4 cm³/mol. The number of aromatic nitrogens is 1. The van der Waals surface area contributed by atoms with E-state index in [0.29, 0.717) is 35.2 Å². The van der Waals surface area contributed by atoms with Crippen molar-refractivity contribution in [2.24, 2.45) is 0 Å². The molecule has 2 aromatic rings. The normalized spacial score (nSPS) is 16.6. The van der Waals surface area contributed by atoms with Crippen LogP contribution in [0.15, 0.2) is 22.1 Å². The maximum atomic E-state index is 12.5. The minimum absolute atomic E-state index is 0.0249. The van der Waals surface area contributed by atoms with E-state index >= 15 is 0 Å². The van der Waals surface area contributed by atoms with Crippen LogP contribution in [0.3, 0.4) is 0 Å². The van der Waals surface area contributed by atoms with Gasteiger partial charge in [-0.2, -0.15) is 0 Å². The molecular weight excluding hydrogens is 354 g/mol. The quantitative estimate of drug-likeness (QED) is 0.802. The van der Waals surface area contributed by atoms with Crippen LogP contribution in [0, 0.1) is 6.92 Å². The molecule has 2 amide bonds. The number of nitrogens with zero attached hydrogens (tertiary/aromatic N) is 2. The number of amides is 2. The number of thiazole rings is 1. The number of aryl methyl sites for hydroxylation is 1. The van der Waals surface area contributed by atoms with Crippen molar-refractivity contribution in [3.05, 3.63) is 34.7 Å². The van der Waals surface area contributed by atoms with Crippen molar-refractivity contribution in [1.29, 1.82) is 0 Å². The number of hydrogen-bond donors (Lipinski definition) is 1. The number of nitrogens with one attached hydrogen (secondary N) is 1. The molecule has 1 aliphatic heterocycles. The zero-order chi connectivity index (χ0) is 18.5. The van der Waals surface area contributed by atoms with Gasteiger partial charge < -0.3 is 14.1 Å². The van der Waals surface area contributed by atoms with E-state index in [1.807, 2.05) is 11.8 Å². The highest BCUT2D eigenvalue weighted by atomic mass is 32.1. The molecule has 1 atom stereocenters. The van der Waals surface area contributed by atoms with Crippen molar-refractivity contribution in [3.63, 3.8) is 0 Å². The smallest absolute Gasteiger partial charge is 0.260 e. The first-order valence-corrected chi connectivity index (χ1v) is 9.64. The summed E-state index contributed by atoms with van der Waals surface area (Å²) in [4.78, 5) is 30.9. The molecule has 140 valence electrons. The molecule has 2 aromatic heterocycles. The summed E-state index contributed by atoms with van der Waals surface area (Å²) in [7, 11) is 0. The van der Waals surface area contributed by atoms with E-state index in [1.165, 1.54) is 17.6 Å². The van der Waals surface area contributed by atoms with Gasteiger partial charge in [0.05, 0.1) is 30.0 Å². The number of rotatable bonds is 7. The average Bonchev–Trinajstić information content (AvgIpc) is 3.35. The standard InChI is InChI=1S/C18H23N3O4S/c1-3-21(10-14-5-4-7-25-14)16(22)9-13-11-26-18(19-13)20-17(23)15-6-8-24-12(15)2/h6,8,11,14H,3-5,7,9-10H2,1-2H3,(H,19,20,23). The molecule has 0 spiro atoms. The second kappa shape index (κ2) is 8.46. The van der Waals surface area contributed by atoms with Gasteiger partial charge in [0.2, 0.25) is 5.91 Å². The van der Waals surface area contributed by atoms with E-state index in [1.54, 1.807) is 18.4 Å². The van der Waals surface area contributed by atoms with Crippen LogP contribution in [-0.4, -0.2) is 47.5 Å². The molecule has 0 aromatic carbocycles. The fourth-order valence-electron chi connectivity index (χ4n) is 2.94. The molecule has 1 N–H and O–H groups in total. The third-order valence-corrected chi connectivity index (χ3v) is 5.20. The molecule has 1 aliphatic rings. The lowest BCUT2D eigenvalue weighted by atomic mass is 10.2. The fraction of sp³-hybridized carbons (Fsp3) is 0.500. The molecule has 26 heavy (non-hydrogen) atoms. The Bertz CT molecular complexity index is 764. The minimum atomic E-state index is -0.267. The highest BCUT2D eigenvalue weighted by Gasteiger charge is 2.22. The maximum Gasteiger partial charge on any atom is 0.260 e. The monoisotopic (exact) mass is 377 g/mol. The lowest BCUT2D eigenvalue weighted by Gasteiger charge is -2.23. The number of ether oxygens (including phenoxy) is 1. The minimum Gasteiger partial charge on any atom is -0.469 e. The first kappa shape index (κ1) is 18.6. The van der Waals surface area contributed by atoms with Gasteiger partial charge in [-0.25, -0.2) is 4.98 Å². The molecule has 1 unspecified atom stereocenters. The average molecular weight is 377 g/mol. The van der Waals surface area contributed by atoms with E-state index in [9.17, 15) is 9.59 Å². The van der Waals surface area contributed by atoms with Gasteiger partial charge in [0, 0.05) is 25.1 Å². The van der Waals surface area contributed by atoms with Gasteiger partial charge in [-0.3, -0.25) is 14.9 Å². The SMILES string of the molecule is CCN(CC1CCCO1)C(=O)Cc1csc(NC(=O)c2ccoc2C)n1. The zero-order valence-electron chi connectivity index (χ0n) is 15.0. The van der Waals surface area contributed by atoms with Crippen molar-refractivity contribution in [2.75, 3.05) is 25.0 Å². The lowest BCUT2D eigenvalue weighted by molar-refractivity contribution is -0.131. The molecule has 0 radical (unpaired) electrons. The summed E-state index contributed by atoms with van der Waals surface area (Å²) >= 11 is 1.31. The number of anilines is 1. The fourth-order valence-corrected chi connectivity index (χ4v) is 3.64. The van der Waals surface area contributed by atoms with Gasteiger partial charge >= 0.3 is 0 Å². The van der Waals surface area contributed by atoms with Crippen LogP contribution in [0.25, 0.3) is 0 Å². The molecule has 3 heterocycles. The van der Waals surface area contributed by atoms with Crippen LogP contribution >= 0.6 is 11.3 Å². The molecule has 8 heteroatoms. The van der Waals surface area contributed by atoms with Gasteiger partial charge in [-0.1, -0.05) is 0 Å². The summed E-state index contributed by atoms with van der Waals surface area (Å²) in [5.41, 5.74) is 1.14. The highest BCUT2D eigenvalue weighted by Crippen LogP contribution is 2.19. The zero-order valence-corrected chi connectivity index (χ0v) is 15.8. The third-order valence-electron chi connectivity index (χ3n) is 4.39. The van der Waals surface area contributed by atoms with Crippen molar-refractivity contribution in [3.8, 4) is 0 Å². The number of carbonyl (C=O) groups is 2. The predicted octanol–water partition coefficient (Wildman–Crippen LogP) is 2.87.